The topological polar surface area (TPSA) is 56.1 Å². The van der Waals surface area contributed by atoms with Crippen LogP contribution in [0.1, 0.15) is 69.2 Å². The Hall–Kier alpha value is -3.06. The maximum atomic E-state index is 12.7. The number of carbonyl (C=O) groups is 1. The number of anilines is 2. The third-order valence-electron chi connectivity index (χ3n) is 6.26. The third-order valence-corrected chi connectivity index (χ3v) is 6.26. The van der Waals surface area contributed by atoms with E-state index in [9.17, 15) is 10.1 Å². The van der Waals surface area contributed by atoms with E-state index >= 15 is 0 Å². The van der Waals surface area contributed by atoms with Crippen molar-refractivity contribution in [2.75, 3.05) is 10.2 Å². The highest BCUT2D eigenvalue weighted by Gasteiger charge is 2.37. The number of nitrogens with one attached hydrogen (secondary N) is 1. The van der Waals surface area contributed by atoms with Gasteiger partial charge in [0.25, 0.3) is 5.91 Å². The van der Waals surface area contributed by atoms with Gasteiger partial charge in [-0.05, 0) is 106 Å². The van der Waals surface area contributed by atoms with Crippen LogP contribution in [0.5, 0.6) is 0 Å². The molecule has 1 aliphatic heterocycles. The number of carbonyl (C=O) groups excluding carboxylic acids is 1. The first kappa shape index (κ1) is 22.6. The van der Waals surface area contributed by atoms with Gasteiger partial charge >= 0.3 is 0 Å². The Labute approximate surface area is 186 Å². The molecule has 0 spiro atoms. The average Bonchev–Trinajstić information content (AvgIpc) is 2.68. The predicted molar refractivity (Wildman–Crippen MR) is 129 cm³/mol. The van der Waals surface area contributed by atoms with Crippen LogP contribution in [0.4, 0.5) is 11.4 Å². The van der Waals surface area contributed by atoms with Gasteiger partial charge in [-0.2, -0.15) is 5.26 Å². The average molecular weight is 416 g/mol. The fourth-order valence-corrected chi connectivity index (χ4v) is 4.87. The highest BCUT2D eigenvalue weighted by Crippen LogP contribution is 2.44. The lowest BCUT2D eigenvalue weighted by molar-refractivity contribution is -0.112. The van der Waals surface area contributed by atoms with E-state index in [1.54, 1.807) is 6.08 Å². The second kappa shape index (κ2) is 8.59. The van der Waals surface area contributed by atoms with Gasteiger partial charge in [-0.3, -0.25) is 4.79 Å². The lowest BCUT2D eigenvalue weighted by Crippen LogP contribution is -2.51. The minimum Gasteiger partial charge on any atom is -0.364 e. The number of nitriles is 1. The summed E-state index contributed by atoms with van der Waals surface area (Å²) in [7, 11) is 0. The Kier molecular flexibility index (Phi) is 6.27. The fourth-order valence-electron chi connectivity index (χ4n) is 4.87. The van der Waals surface area contributed by atoms with E-state index < -0.39 is 0 Å². The van der Waals surface area contributed by atoms with Gasteiger partial charge in [-0.1, -0.05) is 19.1 Å². The van der Waals surface area contributed by atoms with Gasteiger partial charge in [0.1, 0.15) is 11.6 Å². The molecule has 3 rings (SSSR count). The van der Waals surface area contributed by atoms with E-state index in [0.29, 0.717) is 17.6 Å². The molecule has 0 fully saturated rings. The molecule has 1 aliphatic rings. The molecule has 1 atom stereocenters. The normalized spacial score (nSPS) is 17.8. The standard InChI is InChI=1S/C27H33N3O/c1-17(2)30-25-11-9-21(14-24(25)20(5)15-27(30,6)7)13-22(16-28)26(31)29-23-10-8-18(3)19(4)12-23/h8-14,17,20H,15H2,1-7H3,(H,29,31)/b22-13-/t20-/m1/s1. The number of hydrogen-bond donors (Lipinski definition) is 1. The predicted octanol–water partition coefficient (Wildman–Crippen LogP) is 6.35. The van der Waals surface area contributed by atoms with E-state index in [4.69, 9.17) is 0 Å². The maximum absolute atomic E-state index is 12.7. The second-order valence-corrected chi connectivity index (χ2v) is 9.62. The summed E-state index contributed by atoms with van der Waals surface area (Å²) in [5.74, 6) is 0.0182. The number of amides is 1. The van der Waals surface area contributed by atoms with Crippen LogP contribution in [-0.4, -0.2) is 17.5 Å². The molecule has 0 saturated heterocycles. The van der Waals surface area contributed by atoms with Gasteiger partial charge in [0.15, 0.2) is 0 Å². The Bertz CT molecular complexity index is 1070. The van der Waals surface area contributed by atoms with Crippen molar-refractivity contribution in [1.82, 2.24) is 0 Å². The van der Waals surface area contributed by atoms with E-state index in [-0.39, 0.29) is 17.0 Å². The SMILES string of the molecule is Cc1ccc(NC(=O)/C(C#N)=C\c2ccc3c(c2)[C@H](C)CC(C)(C)N3C(C)C)cc1C. The van der Waals surface area contributed by atoms with Crippen molar-refractivity contribution in [1.29, 1.82) is 5.26 Å². The molecule has 0 saturated carbocycles. The van der Waals surface area contributed by atoms with Crippen LogP contribution in [-0.2, 0) is 4.79 Å². The van der Waals surface area contributed by atoms with Crippen molar-refractivity contribution in [2.24, 2.45) is 0 Å². The van der Waals surface area contributed by atoms with E-state index in [0.717, 1.165) is 23.1 Å². The molecule has 4 nitrogen and oxygen atoms in total. The molecule has 1 N–H and O–H groups in total. The highest BCUT2D eigenvalue weighted by atomic mass is 16.1. The minimum absolute atomic E-state index is 0.0851. The smallest absolute Gasteiger partial charge is 0.266 e. The molecule has 0 aliphatic carbocycles. The minimum atomic E-state index is -0.388. The first-order valence-corrected chi connectivity index (χ1v) is 11.0. The number of fused-ring (bicyclic) bond motifs is 1. The van der Waals surface area contributed by atoms with Crippen molar-refractivity contribution >= 4 is 23.4 Å². The Morgan fingerprint density at radius 1 is 1.19 bits per heavy atom. The Balaban J connectivity index is 1.91. The van der Waals surface area contributed by atoms with Crippen LogP contribution in [0, 0.1) is 25.2 Å². The van der Waals surface area contributed by atoms with Crippen molar-refractivity contribution in [3.8, 4) is 6.07 Å². The molecule has 1 amide bonds. The molecule has 162 valence electrons. The van der Waals surface area contributed by atoms with Crippen LogP contribution in [0.3, 0.4) is 0 Å². The summed E-state index contributed by atoms with van der Waals surface area (Å²) in [5, 5.41) is 12.5. The van der Waals surface area contributed by atoms with Crippen LogP contribution in [0.2, 0.25) is 0 Å². The van der Waals surface area contributed by atoms with Crippen molar-refractivity contribution in [3.05, 3.63) is 64.2 Å². The molecular formula is C27H33N3O. The van der Waals surface area contributed by atoms with Crippen molar-refractivity contribution in [3.63, 3.8) is 0 Å². The van der Waals surface area contributed by atoms with Crippen LogP contribution < -0.4 is 10.2 Å². The van der Waals surface area contributed by atoms with E-state index in [1.807, 2.05) is 38.1 Å². The van der Waals surface area contributed by atoms with Gasteiger partial charge in [-0.25, -0.2) is 0 Å². The quantitative estimate of drug-likeness (QED) is 0.467. The third kappa shape index (κ3) is 4.66. The molecule has 0 aromatic heterocycles. The second-order valence-electron chi connectivity index (χ2n) is 9.62. The summed E-state index contributed by atoms with van der Waals surface area (Å²) in [6.45, 7) is 15.3. The molecule has 0 radical (unpaired) electrons. The Morgan fingerprint density at radius 2 is 1.90 bits per heavy atom. The van der Waals surface area contributed by atoms with Crippen LogP contribution in [0.15, 0.2) is 42.0 Å². The van der Waals surface area contributed by atoms with Crippen LogP contribution >= 0.6 is 0 Å². The zero-order chi connectivity index (χ0) is 22.9. The molecule has 31 heavy (non-hydrogen) atoms. The molecule has 1 heterocycles. The number of benzene rings is 2. The van der Waals surface area contributed by atoms with Gasteiger partial charge in [-0.15, -0.1) is 0 Å². The van der Waals surface area contributed by atoms with Gasteiger partial charge in [0.2, 0.25) is 0 Å². The Morgan fingerprint density at radius 3 is 2.52 bits per heavy atom. The van der Waals surface area contributed by atoms with E-state index in [2.05, 4.69) is 63.0 Å². The molecule has 0 bridgehead atoms. The van der Waals surface area contributed by atoms with Gasteiger partial charge < -0.3 is 10.2 Å². The summed E-state index contributed by atoms with van der Waals surface area (Å²) in [5.41, 5.74) is 6.54. The maximum Gasteiger partial charge on any atom is 0.266 e. The number of nitrogens with zero attached hydrogens (tertiary/aromatic N) is 2. The summed E-state index contributed by atoms with van der Waals surface area (Å²) in [4.78, 5) is 15.2. The first-order chi connectivity index (χ1) is 14.5. The molecule has 0 unspecified atom stereocenters. The summed E-state index contributed by atoms with van der Waals surface area (Å²) in [6, 6.07) is 14.5. The van der Waals surface area contributed by atoms with Crippen LogP contribution in [0.25, 0.3) is 6.08 Å². The van der Waals surface area contributed by atoms with Crippen molar-refractivity contribution < 1.29 is 4.79 Å². The van der Waals surface area contributed by atoms with Crippen molar-refractivity contribution in [2.45, 2.75) is 72.4 Å². The summed E-state index contributed by atoms with van der Waals surface area (Å²) in [6.07, 6.45) is 2.74. The van der Waals surface area contributed by atoms with Gasteiger partial charge in [0.05, 0.1) is 0 Å². The number of rotatable bonds is 4. The summed E-state index contributed by atoms with van der Waals surface area (Å²) < 4.78 is 0. The van der Waals surface area contributed by atoms with E-state index in [1.165, 1.54) is 11.3 Å². The first-order valence-electron chi connectivity index (χ1n) is 11.0. The zero-order valence-corrected chi connectivity index (χ0v) is 19.7. The molecule has 4 heteroatoms. The van der Waals surface area contributed by atoms with Gasteiger partial charge in [0, 0.05) is 23.0 Å². The fraction of sp³-hybridized carbons (Fsp3) is 0.407. The lowest BCUT2D eigenvalue weighted by atomic mass is 9.79. The molecular weight excluding hydrogens is 382 g/mol. The summed E-state index contributed by atoms with van der Waals surface area (Å²) >= 11 is 0. The number of hydrogen-bond acceptors (Lipinski definition) is 3. The monoisotopic (exact) mass is 415 g/mol. The lowest BCUT2D eigenvalue weighted by Gasteiger charge is -2.50. The molecule has 2 aromatic carbocycles. The largest absolute Gasteiger partial charge is 0.364 e. The highest BCUT2D eigenvalue weighted by molar-refractivity contribution is 6.09. The zero-order valence-electron chi connectivity index (χ0n) is 19.7. The molecule has 2 aromatic rings. The number of aryl methyl sites for hydroxylation is 2.